The summed E-state index contributed by atoms with van der Waals surface area (Å²) in [5.74, 6) is 0. The molecule has 4 nitrogen and oxygen atoms in total. The maximum atomic E-state index is 11.8. The monoisotopic (exact) mass is 495 g/mol. The Labute approximate surface area is 189 Å². The summed E-state index contributed by atoms with van der Waals surface area (Å²) in [4.78, 5) is 11.5. The number of benzene rings is 4. The number of nitro groups is 1. The summed E-state index contributed by atoms with van der Waals surface area (Å²) in [6, 6.07) is 38.0. The quantitative estimate of drug-likeness (QED) is 0.211. The van der Waals surface area contributed by atoms with Gasteiger partial charge >= 0.3 is 184 Å². The first-order valence-corrected chi connectivity index (χ1v) is 14.1. The summed E-state index contributed by atoms with van der Waals surface area (Å²) >= 11 is 4.35. The van der Waals surface area contributed by atoms with Gasteiger partial charge in [-0.1, -0.05) is 0 Å². The number of hydrogen-bond acceptors (Lipinski definition) is 2. The second-order valence-corrected chi connectivity index (χ2v) is 16.2. The molecule has 0 heterocycles. The molecule has 0 aromatic heterocycles. The van der Waals surface area contributed by atoms with E-state index in [4.69, 9.17) is 0 Å². The summed E-state index contributed by atoms with van der Waals surface area (Å²) in [7, 11) is 0. The molecule has 31 heavy (non-hydrogen) atoms. The first kappa shape index (κ1) is 22.8. The van der Waals surface area contributed by atoms with Crippen LogP contribution in [0.15, 0.2) is 115 Å². The third-order valence-electron chi connectivity index (χ3n) is 5.54. The maximum absolute atomic E-state index is 11.8. The number of para-hydroxylation sites is 1. The molecule has 0 aliphatic heterocycles. The number of nitro benzene ring substituents is 1. The van der Waals surface area contributed by atoms with Crippen LogP contribution in [0.1, 0.15) is 5.56 Å². The average Bonchev–Trinajstić information content (AvgIpc) is 2.81. The van der Waals surface area contributed by atoms with E-state index in [0.29, 0.717) is 11.7 Å². The first-order chi connectivity index (χ1) is 14.5. The fourth-order valence-corrected chi connectivity index (χ4v) is 11.7. The third kappa shape index (κ3) is 3.92. The Kier molecular flexibility index (Phi) is 6.71. The van der Waals surface area contributed by atoms with Crippen molar-refractivity contribution in [2.75, 3.05) is 0 Å². The number of nitrogens with zero attached hydrogens (tertiary/aromatic N) is 1. The Balaban J connectivity index is 0.00000272. The molecule has 0 radical (unpaired) electrons. The van der Waals surface area contributed by atoms with Crippen molar-refractivity contribution in [3.63, 3.8) is 0 Å². The van der Waals surface area contributed by atoms with Crippen molar-refractivity contribution in [2.24, 2.45) is 0 Å². The van der Waals surface area contributed by atoms with Gasteiger partial charge in [0.25, 0.3) is 0 Å². The Bertz CT molecular complexity index is 1070. The molecule has 0 aliphatic rings. The van der Waals surface area contributed by atoms with Gasteiger partial charge in [-0.15, -0.1) is 0 Å². The van der Waals surface area contributed by atoms with Crippen molar-refractivity contribution >= 4 is 42.4 Å². The van der Waals surface area contributed by atoms with Gasteiger partial charge in [0, 0.05) is 0 Å². The van der Waals surface area contributed by atoms with Crippen molar-refractivity contribution in [2.45, 2.75) is 6.16 Å². The van der Waals surface area contributed by atoms with Crippen LogP contribution in [0.5, 0.6) is 0 Å². The van der Waals surface area contributed by atoms with E-state index in [1.54, 1.807) is 12.1 Å². The summed E-state index contributed by atoms with van der Waals surface area (Å²) in [5, 5.41) is 12.0. The number of hydrogen-bond donors (Lipinski definition) is 0. The van der Waals surface area contributed by atoms with Crippen molar-refractivity contribution < 1.29 is 10.4 Å². The average molecular weight is 496 g/mol. The first-order valence-electron chi connectivity index (χ1n) is 9.66. The zero-order chi connectivity index (χ0) is 21.1. The summed E-state index contributed by atoms with van der Waals surface area (Å²) < 4.78 is 0. The van der Waals surface area contributed by atoms with Gasteiger partial charge in [0.2, 0.25) is 0 Å². The second kappa shape index (κ2) is 9.11. The molecule has 0 spiro atoms. The molecule has 158 valence electrons. The normalized spacial score (nSPS) is 12.2. The molecule has 6 heteroatoms. The van der Waals surface area contributed by atoms with E-state index in [1.807, 2.05) is 66.7 Å². The molecule has 4 aromatic rings. The minimum absolute atomic E-state index is 0. The molecular weight excluding hydrogens is 473 g/mol. The van der Waals surface area contributed by atoms with Gasteiger partial charge in [0.1, 0.15) is 0 Å². The third-order valence-corrected chi connectivity index (χ3v) is 15.0. The molecule has 0 saturated carbocycles. The molecule has 0 atom stereocenters. The van der Waals surface area contributed by atoms with Crippen molar-refractivity contribution in [3.05, 3.63) is 131 Å². The van der Waals surface area contributed by atoms with Crippen LogP contribution in [-0.2, 0) is 6.16 Å². The predicted octanol–water partition coefficient (Wildman–Crippen LogP) is 5.11. The van der Waals surface area contributed by atoms with Crippen LogP contribution in [0, 0.1) is 10.1 Å². The molecule has 4 rings (SSSR count). The molecule has 0 unspecified atom stereocenters. The van der Waals surface area contributed by atoms with E-state index in [9.17, 15) is 10.1 Å². The van der Waals surface area contributed by atoms with E-state index in [0.717, 1.165) is 15.9 Å². The predicted molar refractivity (Wildman–Crippen MR) is 134 cm³/mol. The second-order valence-electron chi connectivity index (χ2n) is 7.23. The van der Waals surface area contributed by atoms with Crippen LogP contribution < -0.4 is 15.9 Å². The minimum atomic E-state index is -3.25. The van der Waals surface area contributed by atoms with Gasteiger partial charge in [-0.2, -0.15) is 0 Å². The molecule has 0 aliphatic carbocycles. The topological polar surface area (TPSA) is 74.6 Å². The number of halogens is 1. The van der Waals surface area contributed by atoms with E-state index >= 15 is 0 Å². The Morgan fingerprint density at radius 2 is 1.00 bits per heavy atom. The van der Waals surface area contributed by atoms with Gasteiger partial charge in [-0.25, -0.2) is 0 Å². The van der Waals surface area contributed by atoms with Crippen LogP contribution in [0.25, 0.3) is 0 Å². The van der Waals surface area contributed by atoms with Crippen molar-refractivity contribution in [3.8, 4) is 0 Å². The van der Waals surface area contributed by atoms with Crippen LogP contribution in [0.3, 0.4) is 0 Å². The van der Waals surface area contributed by atoms with E-state index in [2.05, 4.69) is 51.9 Å². The zero-order valence-corrected chi connectivity index (χ0v) is 19.2. The van der Waals surface area contributed by atoms with Crippen LogP contribution in [0.2, 0.25) is 0 Å². The number of rotatable bonds is 6. The Morgan fingerprint density at radius 1 is 0.645 bits per heavy atom. The Morgan fingerprint density at radius 3 is 1.39 bits per heavy atom. The summed E-state index contributed by atoms with van der Waals surface area (Å²) in [6.07, 6.45) is 0.501. The molecule has 4 aromatic carbocycles. The standard InChI is InChI=1S/C25H21BrNO2P.H2O/c26-30(22-13-4-1-5-14-22,23-15-6-2-7-16-23,24-17-8-3-9-18-24)20-21-12-10-11-19-25(21)27(28)29;/h1-19H,20H2;1H2. The van der Waals surface area contributed by atoms with Crippen molar-refractivity contribution in [1.82, 2.24) is 0 Å². The molecule has 0 bridgehead atoms. The summed E-state index contributed by atoms with van der Waals surface area (Å²) in [6.45, 7) is 0. The molecule has 0 fully saturated rings. The van der Waals surface area contributed by atoms with Crippen LogP contribution in [0.4, 0.5) is 5.69 Å². The van der Waals surface area contributed by atoms with Gasteiger partial charge in [-0.3, -0.25) is 0 Å². The molecule has 0 saturated heterocycles. The van der Waals surface area contributed by atoms with Crippen molar-refractivity contribution in [1.29, 1.82) is 0 Å². The molecule has 2 N–H and O–H groups in total. The van der Waals surface area contributed by atoms with E-state index in [1.165, 1.54) is 0 Å². The fraction of sp³-hybridized carbons (Fsp3) is 0.0400. The van der Waals surface area contributed by atoms with Gasteiger partial charge in [0.05, 0.1) is 0 Å². The zero-order valence-electron chi connectivity index (χ0n) is 16.8. The van der Waals surface area contributed by atoms with Crippen LogP contribution in [-0.4, -0.2) is 10.4 Å². The SMILES string of the molecule is O.O=[N+]([O-])c1ccccc1CP(Br)(c1ccccc1)(c1ccccc1)c1ccccc1. The molecular formula is C25H23BrNO3P. The van der Waals surface area contributed by atoms with Gasteiger partial charge in [0.15, 0.2) is 0 Å². The van der Waals surface area contributed by atoms with Gasteiger partial charge < -0.3 is 5.48 Å². The molecule has 0 amide bonds. The fourth-order valence-electron chi connectivity index (χ4n) is 4.08. The van der Waals surface area contributed by atoms with Crippen LogP contribution >= 0.6 is 20.8 Å². The van der Waals surface area contributed by atoms with Gasteiger partial charge in [-0.05, 0) is 0 Å². The summed E-state index contributed by atoms with van der Waals surface area (Å²) in [5.41, 5.74) is 0.863. The van der Waals surface area contributed by atoms with E-state index in [-0.39, 0.29) is 16.1 Å². The van der Waals surface area contributed by atoms with E-state index < -0.39 is 5.31 Å². The Hall–Kier alpha value is -2.85.